The fourth-order valence-electron chi connectivity index (χ4n) is 2.81. The third-order valence-electron chi connectivity index (χ3n) is 3.97. The Morgan fingerprint density at radius 1 is 1.41 bits per heavy atom. The van der Waals surface area contributed by atoms with Crippen molar-refractivity contribution in [3.05, 3.63) is 34.9 Å². The summed E-state index contributed by atoms with van der Waals surface area (Å²) in [6, 6.07) is 6.54. The van der Waals surface area contributed by atoms with Gasteiger partial charge in [0.2, 0.25) is 0 Å². The maximum absolute atomic E-state index is 14.0. The monoisotopic (exact) mass is 322 g/mol. The summed E-state index contributed by atoms with van der Waals surface area (Å²) in [6.07, 6.45) is 1.50. The predicted octanol–water partition coefficient (Wildman–Crippen LogP) is 2.17. The van der Waals surface area contributed by atoms with Gasteiger partial charge in [-0.3, -0.25) is 4.90 Å². The molecule has 0 radical (unpaired) electrons. The van der Waals surface area contributed by atoms with E-state index in [1.165, 1.54) is 6.07 Å². The Morgan fingerprint density at radius 2 is 2.18 bits per heavy atom. The summed E-state index contributed by atoms with van der Waals surface area (Å²) < 4.78 is 17.9. The number of hydrogen-bond donors (Lipinski definition) is 1. The van der Waals surface area contributed by atoms with Gasteiger partial charge in [-0.15, -0.1) is 0 Å². The van der Waals surface area contributed by atoms with Crippen LogP contribution in [0.5, 0.6) is 0 Å². The lowest BCUT2D eigenvalue weighted by molar-refractivity contribution is 0.0513. The molecule has 22 heavy (non-hydrogen) atoms. The summed E-state index contributed by atoms with van der Waals surface area (Å²) in [5.74, 6) is 0.201. The van der Waals surface area contributed by atoms with Crippen LogP contribution in [-0.4, -0.2) is 43.5 Å². The standard InChI is InChI=1S/C15H19FN4OS/c1-18-14(12-6-2-3-7-13(12)16)17-20(15(18)22)10-19-8-4-5-11(21)9-19/h2-3,6-7,11,21H,4-5,8-10H2,1H3/t11-/m1/s1. The Labute approximate surface area is 133 Å². The molecular weight excluding hydrogens is 303 g/mol. The molecule has 0 bridgehead atoms. The molecular formula is C15H19FN4OS. The van der Waals surface area contributed by atoms with Crippen LogP contribution in [0.25, 0.3) is 11.4 Å². The van der Waals surface area contributed by atoms with Crippen LogP contribution in [0.15, 0.2) is 24.3 Å². The van der Waals surface area contributed by atoms with Crippen LogP contribution in [0.3, 0.4) is 0 Å². The van der Waals surface area contributed by atoms with Gasteiger partial charge in [0, 0.05) is 20.1 Å². The van der Waals surface area contributed by atoms with Gasteiger partial charge in [-0.2, -0.15) is 5.10 Å². The maximum atomic E-state index is 14.0. The van der Waals surface area contributed by atoms with Crippen molar-refractivity contribution < 1.29 is 9.50 Å². The number of piperidine rings is 1. The number of benzene rings is 1. The number of β-amino-alcohol motifs (C(OH)–C–C–N with tert-alkyl or cyclic N) is 1. The van der Waals surface area contributed by atoms with E-state index >= 15 is 0 Å². The number of nitrogens with zero attached hydrogens (tertiary/aromatic N) is 4. The molecule has 118 valence electrons. The fraction of sp³-hybridized carbons (Fsp3) is 0.467. The van der Waals surface area contributed by atoms with E-state index in [0.29, 0.717) is 29.4 Å². The molecule has 1 fully saturated rings. The molecule has 3 rings (SSSR count). The Hall–Kier alpha value is -1.57. The van der Waals surface area contributed by atoms with Crippen LogP contribution in [0.4, 0.5) is 4.39 Å². The maximum Gasteiger partial charge on any atom is 0.199 e. The molecule has 0 amide bonds. The molecule has 1 aliphatic rings. The summed E-state index contributed by atoms with van der Waals surface area (Å²) in [4.78, 5) is 2.11. The number of likely N-dealkylation sites (tertiary alicyclic amines) is 1. The molecule has 1 aromatic heterocycles. The number of aliphatic hydroxyl groups excluding tert-OH is 1. The molecule has 0 unspecified atom stereocenters. The molecule has 1 aliphatic heterocycles. The fourth-order valence-corrected chi connectivity index (χ4v) is 2.99. The van der Waals surface area contributed by atoms with Gasteiger partial charge < -0.3 is 9.67 Å². The van der Waals surface area contributed by atoms with E-state index in [9.17, 15) is 9.50 Å². The highest BCUT2D eigenvalue weighted by molar-refractivity contribution is 7.71. The predicted molar refractivity (Wildman–Crippen MR) is 84.2 cm³/mol. The first-order chi connectivity index (χ1) is 10.6. The number of aromatic nitrogens is 3. The van der Waals surface area contributed by atoms with Gasteiger partial charge in [-0.25, -0.2) is 9.07 Å². The van der Waals surface area contributed by atoms with Crippen molar-refractivity contribution in [2.45, 2.75) is 25.6 Å². The van der Waals surface area contributed by atoms with E-state index < -0.39 is 0 Å². The first-order valence-electron chi connectivity index (χ1n) is 7.35. The van der Waals surface area contributed by atoms with Crippen molar-refractivity contribution in [1.82, 2.24) is 19.2 Å². The lowest BCUT2D eigenvalue weighted by Gasteiger charge is -2.29. The molecule has 0 saturated carbocycles. The Balaban J connectivity index is 1.90. The van der Waals surface area contributed by atoms with Gasteiger partial charge in [0.1, 0.15) is 5.82 Å². The SMILES string of the molecule is Cn1c(-c2ccccc2F)nn(CN2CCC[C@@H](O)C2)c1=S. The average Bonchev–Trinajstić information content (AvgIpc) is 2.76. The van der Waals surface area contributed by atoms with Crippen LogP contribution in [0, 0.1) is 10.6 Å². The van der Waals surface area contributed by atoms with Gasteiger partial charge in [-0.1, -0.05) is 12.1 Å². The highest BCUT2D eigenvalue weighted by Gasteiger charge is 2.20. The zero-order valence-electron chi connectivity index (χ0n) is 12.4. The Morgan fingerprint density at radius 3 is 2.91 bits per heavy atom. The highest BCUT2D eigenvalue weighted by atomic mass is 32.1. The third kappa shape index (κ3) is 2.97. The Bertz CT molecular complexity index is 727. The minimum Gasteiger partial charge on any atom is -0.392 e. The number of rotatable bonds is 3. The molecule has 1 saturated heterocycles. The molecule has 1 atom stereocenters. The molecule has 1 aromatic carbocycles. The van der Waals surface area contributed by atoms with Gasteiger partial charge in [0.05, 0.1) is 18.3 Å². The van der Waals surface area contributed by atoms with E-state index in [1.54, 1.807) is 34.5 Å². The molecule has 2 heterocycles. The second kappa shape index (κ2) is 6.28. The van der Waals surface area contributed by atoms with Crippen molar-refractivity contribution in [3.63, 3.8) is 0 Å². The number of hydrogen-bond acceptors (Lipinski definition) is 4. The van der Waals surface area contributed by atoms with Gasteiger partial charge in [0.15, 0.2) is 10.6 Å². The van der Waals surface area contributed by atoms with Crippen molar-refractivity contribution in [2.75, 3.05) is 13.1 Å². The van der Waals surface area contributed by atoms with Crippen molar-refractivity contribution in [3.8, 4) is 11.4 Å². The average molecular weight is 322 g/mol. The minimum absolute atomic E-state index is 0.294. The van der Waals surface area contributed by atoms with E-state index in [0.717, 1.165) is 19.4 Å². The number of halogens is 1. The van der Waals surface area contributed by atoms with Crippen LogP contribution >= 0.6 is 12.2 Å². The molecule has 0 spiro atoms. The Kier molecular flexibility index (Phi) is 4.37. The summed E-state index contributed by atoms with van der Waals surface area (Å²) in [5, 5.41) is 14.2. The summed E-state index contributed by atoms with van der Waals surface area (Å²) in [7, 11) is 1.79. The minimum atomic E-state index is -0.314. The lowest BCUT2D eigenvalue weighted by atomic mass is 10.1. The first kappa shape index (κ1) is 15.3. The van der Waals surface area contributed by atoms with Gasteiger partial charge >= 0.3 is 0 Å². The molecule has 2 aromatic rings. The largest absolute Gasteiger partial charge is 0.392 e. The summed E-state index contributed by atoms with van der Waals surface area (Å²) >= 11 is 5.41. The van der Waals surface area contributed by atoms with E-state index in [-0.39, 0.29) is 11.9 Å². The van der Waals surface area contributed by atoms with E-state index in [1.807, 2.05) is 0 Å². The first-order valence-corrected chi connectivity index (χ1v) is 7.76. The molecule has 5 nitrogen and oxygen atoms in total. The molecule has 7 heteroatoms. The summed E-state index contributed by atoms with van der Waals surface area (Å²) in [6.45, 7) is 2.04. The normalized spacial score (nSPS) is 19.5. The molecule has 1 N–H and O–H groups in total. The quantitative estimate of drug-likeness (QED) is 0.880. The zero-order valence-corrected chi connectivity index (χ0v) is 13.3. The van der Waals surface area contributed by atoms with Crippen LogP contribution in [0.2, 0.25) is 0 Å². The van der Waals surface area contributed by atoms with E-state index in [2.05, 4.69) is 10.00 Å². The van der Waals surface area contributed by atoms with Crippen molar-refractivity contribution in [2.24, 2.45) is 7.05 Å². The van der Waals surface area contributed by atoms with Crippen LogP contribution in [0.1, 0.15) is 12.8 Å². The summed E-state index contributed by atoms with van der Waals surface area (Å²) in [5.41, 5.74) is 0.438. The number of aliphatic hydroxyl groups is 1. The van der Waals surface area contributed by atoms with Gasteiger partial charge in [0.25, 0.3) is 0 Å². The third-order valence-corrected chi connectivity index (χ3v) is 4.45. The van der Waals surface area contributed by atoms with Gasteiger partial charge in [-0.05, 0) is 37.2 Å². The molecule has 0 aliphatic carbocycles. The topological polar surface area (TPSA) is 46.2 Å². The second-order valence-electron chi connectivity index (χ2n) is 5.66. The highest BCUT2D eigenvalue weighted by Crippen LogP contribution is 2.21. The second-order valence-corrected chi connectivity index (χ2v) is 6.02. The smallest absolute Gasteiger partial charge is 0.199 e. The zero-order chi connectivity index (χ0) is 15.7. The van der Waals surface area contributed by atoms with Crippen molar-refractivity contribution >= 4 is 12.2 Å². The van der Waals surface area contributed by atoms with E-state index in [4.69, 9.17) is 12.2 Å². The van der Waals surface area contributed by atoms with Crippen LogP contribution < -0.4 is 0 Å². The van der Waals surface area contributed by atoms with Crippen LogP contribution in [-0.2, 0) is 13.7 Å². The van der Waals surface area contributed by atoms with Crippen molar-refractivity contribution in [1.29, 1.82) is 0 Å². The lowest BCUT2D eigenvalue weighted by Crippen LogP contribution is -2.39.